The number of amides is 1. The minimum absolute atomic E-state index is 0.380. The molecule has 1 amide bonds. The number of rotatable bonds is 3. The van der Waals surface area contributed by atoms with Crippen molar-refractivity contribution in [3.05, 3.63) is 29.3 Å². The second-order valence-corrected chi connectivity index (χ2v) is 5.09. The van der Waals surface area contributed by atoms with Crippen LogP contribution in [0.5, 0.6) is 5.75 Å². The lowest BCUT2D eigenvalue weighted by Crippen LogP contribution is -2.27. The number of methoxy groups -OCH3 is 1. The third-order valence-corrected chi connectivity index (χ3v) is 3.35. The zero-order chi connectivity index (χ0) is 13.3. The van der Waals surface area contributed by atoms with E-state index in [1.54, 1.807) is 7.11 Å². The molecular weight excluding hydrogens is 230 g/mol. The molecule has 0 saturated carbocycles. The highest BCUT2D eigenvalue weighted by molar-refractivity contribution is 5.71. The highest BCUT2D eigenvalue weighted by atomic mass is 16.6. The molecule has 0 aromatic heterocycles. The lowest BCUT2D eigenvalue weighted by Gasteiger charge is -2.25. The predicted molar refractivity (Wildman–Crippen MR) is 68.9 cm³/mol. The number of alkyl carbamates (subject to hydrolysis) is 1. The number of cyclic esters (lactones) is 1. The first-order valence-corrected chi connectivity index (χ1v) is 6.11. The highest BCUT2D eigenvalue weighted by Crippen LogP contribution is 2.36. The molecule has 4 nitrogen and oxygen atoms in total. The Balaban J connectivity index is 2.47. The SMILES string of the molecule is COc1ccc(C(C)C)cc1C1(C)CNC(=O)O1. The van der Waals surface area contributed by atoms with E-state index >= 15 is 0 Å². The lowest BCUT2D eigenvalue weighted by atomic mass is 9.91. The van der Waals surface area contributed by atoms with Crippen molar-refractivity contribution in [3.63, 3.8) is 0 Å². The molecular formula is C14H19NO3. The van der Waals surface area contributed by atoms with E-state index in [1.807, 2.05) is 19.1 Å². The number of carbonyl (C=O) groups is 1. The van der Waals surface area contributed by atoms with Gasteiger partial charge in [-0.15, -0.1) is 0 Å². The Bertz CT molecular complexity index is 470. The van der Waals surface area contributed by atoms with E-state index in [2.05, 4.69) is 25.2 Å². The van der Waals surface area contributed by atoms with Crippen LogP contribution < -0.4 is 10.1 Å². The maximum absolute atomic E-state index is 11.3. The number of carbonyl (C=O) groups excluding carboxylic acids is 1. The molecule has 1 N–H and O–H groups in total. The Hall–Kier alpha value is -1.71. The molecule has 4 heteroatoms. The molecule has 1 fully saturated rings. The Morgan fingerprint density at radius 3 is 2.67 bits per heavy atom. The molecule has 1 atom stereocenters. The summed E-state index contributed by atoms with van der Waals surface area (Å²) in [5.41, 5.74) is 1.46. The van der Waals surface area contributed by atoms with Gasteiger partial charge in [0.2, 0.25) is 0 Å². The van der Waals surface area contributed by atoms with Crippen molar-refractivity contribution < 1.29 is 14.3 Å². The van der Waals surface area contributed by atoms with Gasteiger partial charge in [-0.1, -0.05) is 19.9 Å². The van der Waals surface area contributed by atoms with Crippen LogP contribution >= 0.6 is 0 Å². The molecule has 1 heterocycles. The minimum atomic E-state index is -0.659. The second kappa shape index (κ2) is 4.52. The van der Waals surface area contributed by atoms with Crippen LogP contribution in [-0.4, -0.2) is 19.7 Å². The van der Waals surface area contributed by atoms with E-state index in [0.717, 1.165) is 11.3 Å². The summed E-state index contributed by atoms with van der Waals surface area (Å²) in [5, 5.41) is 2.69. The fraction of sp³-hybridized carbons (Fsp3) is 0.500. The smallest absolute Gasteiger partial charge is 0.408 e. The molecule has 18 heavy (non-hydrogen) atoms. The summed E-state index contributed by atoms with van der Waals surface area (Å²) in [4.78, 5) is 11.3. The first-order chi connectivity index (χ1) is 8.46. The fourth-order valence-electron chi connectivity index (χ4n) is 2.17. The second-order valence-electron chi connectivity index (χ2n) is 5.09. The van der Waals surface area contributed by atoms with E-state index in [9.17, 15) is 4.79 Å². The van der Waals surface area contributed by atoms with Crippen LogP contribution in [0.4, 0.5) is 4.79 Å². The van der Waals surface area contributed by atoms with Gasteiger partial charge in [-0.25, -0.2) is 4.79 Å². The summed E-state index contributed by atoms with van der Waals surface area (Å²) < 4.78 is 10.8. The summed E-state index contributed by atoms with van der Waals surface area (Å²) >= 11 is 0. The minimum Gasteiger partial charge on any atom is -0.496 e. The van der Waals surface area contributed by atoms with Crippen LogP contribution in [0.3, 0.4) is 0 Å². The molecule has 1 aromatic rings. The zero-order valence-corrected chi connectivity index (χ0v) is 11.2. The predicted octanol–water partition coefficient (Wildman–Crippen LogP) is 2.77. The molecule has 2 rings (SSSR count). The molecule has 1 aliphatic rings. The van der Waals surface area contributed by atoms with E-state index in [0.29, 0.717) is 12.5 Å². The molecule has 0 spiro atoms. The summed E-state index contributed by atoms with van der Waals surface area (Å²) in [7, 11) is 1.63. The van der Waals surface area contributed by atoms with E-state index in [-0.39, 0.29) is 6.09 Å². The quantitative estimate of drug-likeness (QED) is 0.896. The highest BCUT2D eigenvalue weighted by Gasteiger charge is 2.39. The van der Waals surface area contributed by atoms with Crippen molar-refractivity contribution >= 4 is 6.09 Å². The number of nitrogens with one attached hydrogen (secondary N) is 1. The fourth-order valence-corrected chi connectivity index (χ4v) is 2.17. The van der Waals surface area contributed by atoms with Crippen molar-refractivity contribution in [1.82, 2.24) is 5.32 Å². The molecule has 1 aromatic carbocycles. The molecule has 0 radical (unpaired) electrons. The van der Waals surface area contributed by atoms with Crippen LogP contribution in [0.2, 0.25) is 0 Å². The average Bonchev–Trinajstić information content (AvgIpc) is 2.69. The van der Waals surface area contributed by atoms with Crippen molar-refractivity contribution in [3.8, 4) is 5.75 Å². The standard InChI is InChI=1S/C14H19NO3/c1-9(2)10-5-6-12(17-4)11(7-10)14(3)8-15-13(16)18-14/h5-7,9H,8H2,1-4H3,(H,15,16). The number of hydrogen-bond donors (Lipinski definition) is 1. The maximum Gasteiger partial charge on any atom is 0.408 e. The van der Waals surface area contributed by atoms with Crippen LogP contribution in [0.25, 0.3) is 0 Å². The van der Waals surface area contributed by atoms with Gasteiger partial charge < -0.3 is 14.8 Å². The average molecular weight is 249 g/mol. The molecule has 0 bridgehead atoms. The first kappa shape index (κ1) is 12.7. The van der Waals surface area contributed by atoms with Gasteiger partial charge in [0.05, 0.1) is 13.7 Å². The Morgan fingerprint density at radius 1 is 1.44 bits per heavy atom. The van der Waals surface area contributed by atoms with Gasteiger partial charge in [-0.2, -0.15) is 0 Å². The van der Waals surface area contributed by atoms with Crippen LogP contribution in [0.1, 0.15) is 37.8 Å². The molecule has 0 aliphatic carbocycles. The van der Waals surface area contributed by atoms with Crippen molar-refractivity contribution in [2.45, 2.75) is 32.3 Å². The monoisotopic (exact) mass is 249 g/mol. The summed E-state index contributed by atoms with van der Waals surface area (Å²) in [6.45, 7) is 6.62. The first-order valence-electron chi connectivity index (χ1n) is 6.11. The van der Waals surface area contributed by atoms with Gasteiger partial charge in [-0.3, -0.25) is 0 Å². The zero-order valence-electron chi connectivity index (χ0n) is 11.2. The summed E-state index contributed by atoms with van der Waals surface area (Å²) in [6, 6.07) is 6.03. The largest absolute Gasteiger partial charge is 0.496 e. The third kappa shape index (κ3) is 2.15. The van der Waals surface area contributed by atoms with Gasteiger partial charge in [-0.05, 0) is 30.5 Å². The molecule has 98 valence electrons. The van der Waals surface area contributed by atoms with Gasteiger partial charge in [0, 0.05) is 5.56 Å². The van der Waals surface area contributed by atoms with Gasteiger partial charge >= 0.3 is 6.09 Å². The molecule has 1 aliphatic heterocycles. The van der Waals surface area contributed by atoms with Crippen molar-refractivity contribution in [2.75, 3.05) is 13.7 Å². The number of benzene rings is 1. The lowest BCUT2D eigenvalue weighted by molar-refractivity contribution is 0.0683. The van der Waals surface area contributed by atoms with E-state index in [4.69, 9.17) is 9.47 Å². The Morgan fingerprint density at radius 2 is 2.17 bits per heavy atom. The normalized spacial score (nSPS) is 22.8. The summed E-state index contributed by atoms with van der Waals surface area (Å²) in [5.74, 6) is 1.17. The number of hydrogen-bond acceptors (Lipinski definition) is 3. The van der Waals surface area contributed by atoms with Gasteiger partial charge in [0.25, 0.3) is 0 Å². The van der Waals surface area contributed by atoms with Crippen LogP contribution in [-0.2, 0) is 10.3 Å². The molecule has 1 saturated heterocycles. The Kier molecular flexibility index (Phi) is 3.20. The molecule has 1 unspecified atom stereocenters. The summed E-state index contributed by atoms with van der Waals surface area (Å²) in [6.07, 6.45) is -0.380. The van der Waals surface area contributed by atoms with Crippen LogP contribution in [0.15, 0.2) is 18.2 Å². The maximum atomic E-state index is 11.3. The topological polar surface area (TPSA) is 47.6 Å². The number of ether oxygens (including phenoxy) is 2. The van der Waals surface area contributed by atoms with E-state index < -0.39 is 5.60 Å². The van der Waals surface area contributed by atoms with Crippen molar-refractivity contribution in [1.29, 1.82) is 0 Å². The van der Waals surface area contributed by atoms with E-state index in [1.165, 1.54) is 5.56 Å². The van der Waals surface area contributed by atoms with Crippen LogP contribution in [0, 0.1) is 0 Å². The van der Waals surface area contributed by atoms with Gasteiger partial charge in [0.1, 0.15) is 5.75 Å². The van der Waals surface area contributed by atoms with Gasteiger partial charge in [0.15, 0.2) is 5.60 Å². The Labute approximate surface area is 107 Å². The van der Waals surface area contributed by atoms with Crippen molar-refractivity contribution in [2.24, 2.45) is 0 Å². The third-order valence-electron chi connectivity index (χ3n) is 3.35.